The summed E-state index contributed by atoms with van der Waals surface area (Å²) >= 11 is 0. The summed E-state index contributed by atoms with van der Waals surface area (Å²) in [5.74, 6) is 0.564. The van der Waals surface area contributed by atoms with Crippen LogP contribution in [0.3, 0.4) is 0 Å². The summed E-state index contributed by atoms with van der Waals surface area (Å²) in [6.07, 6.45) is 4.85. The van der Waals surface area contributed by atoms with E-state index in [0.717, 1.165) is 0 Å². The van der Waals surface area contributed by atoms with E-state index in [1.807, 2.05) is 12.3 Å². The number of hydrogen-bond donors (Lipinski definition) is 0. The summed E-state index contributed by atoms with van der Waals surface area (Å²) in [5, 5.41) is 11.2. The molecule has 5 nitrogen and oxygen atoms in total. The normalized spacial score (nSPS) is 10.2. The highest BCUT2D eigenvalue weighted by Gasteiger charge is 1.98. The van der Waals surface area contributed by atoms with Crippen molar-refractivity contribution in [2.75, 3.05) is 0 Å². The van der Waals surface area contributed by atoms with Crippen molar-refractivity contribution in [3.05, 3.63) is 30.7 Å². The molecule has 0 aliphatic heterocycles. The third-order valence-corrected chi connectivity index (χ3v) is 1.26. The predicted octanol–water partition coefficient (Wildman–Crippen LogP) is 0.314. The summed E-state index contributed by atoms with van der Waals surface area (Å²) in [5.41, 5.74) is 0. The molecule has 0 aliphatic rings. The molecular weight excluding hydrogens is 144 g/mol. The molecule has 56 valence electrons. The van der Waals surface area contributed by atoms with Gasteiger partial charge in [-0.2, -0.15) is 5.10 Å². The van der Waals surface area contributed by atoms with Gasteiger partial charge >= 0.3 is 0 Å². The van der Waals surface area contributed by atoms with Crippen molar-refractivity contribution in [1.29, 1.82) is 0 Å². The monoisotopic (exact) mass is 150 g/mol. The lowest BCUT2D eigenvalue weighted by molar-refractivity contribution is 0.464. The van der Waals surface area contributed by atoms with Gasteiger partial charge in [0.25, 0.3) is 0 Å². The second kappa shape index (κ2) is 2.53. The van der Waals surface area contributed by atoms with Gasteiger partial charge in [0.2, 0.25) is 12.3 Å². The Kier molecular flexibility index (Phi) is 1.40. The van der Waals surface area contributed by atoms with E-state index in [-0.39, 0.29) is 0 Å². The second-order valence-corrected chi connectivity index (χ2v) is 2.04. The van der Waals surface area contributed by atoms with Crippen LogP contribution < -0.4 is 0 Å². The van der Waals surface area contributed by atoms with Crippen molar-refractivity contribution in [2.24, 2.45) is 0 Å². The second-order valence-electron chi connectivity index (χ2n) is 2.04. The highest BCUT2D eigenvalue weighted by Crippen LogP contribution is 1.94. The Labute approximate surface area is 62.7 Å². The first-order valence-corrected chi connectivity index (χ1v) is 3.17. The van der Waals surface area contributed by atoms with Gasteiger partial charge in [0.1, 0.15) is 6.54 Å². The first-order chi connectivity index (χ1) is 5.45. The van der Waals surface area contributed by atoms with E-state index in [1.54, 1.807) is 10.9 Å². The highest BCUT2D eigenvalue weighted by molar-refractivity contribution is 4.82. The Hall–Kier alpha value is -1.65. The molecule has 0 N–H and O–H groups in total. The lowest BCUT2D eigenvalue weighted by Crippen LogP contribution is -1.99. The molecule has 0 amide bonds. The maximum Gasteiger partial charge on any atom is 0.237 e. The Morgan fingerprint density at radius 2 is 2.55 bits per heavy atom. The number of hydrogen-bond acceptors (Lipinski definition) is 4. The van der Waals surface area contributed by atoms with Crippen molar-refractivity contribution >= 4 is 0 Å². The summed E-state index contributed by atoms with van der Waals surface area (Å²) < 4.78 is 6.64. The standard InChI is InChI=1S/C6H6N4O/c1-2-8-10(3-1)4-6-9-7-5-11-6/h1-3,5H,4H2. The molecule has 0 unspecified atom stereocenters. The average molecular weight is 150 g/mol. The van der Waals surface area contributed by atoms with Gasteiger partial charge < -0.3 is 4.42 Å². The van der Waals surface area contributed by atoms with E-state index in [9.17, 15) is 0 Å². The Morgan fingerprint density at radius 1 is 1.55 bits per heavy atom. The van der Waals surface area contributed by atoms with E-state index in [4.69, 9.17) is 4.42 Å². The largest absolute Gasteiger partial charge is 0.426 e. The van der Waals surface area contributed by atoms with Crippen molar-refractivity contribution in [2.45, 2.75) is 6.54 Å². The van der Waals surface area contributed by atoms with Gasteiger partial charge in [-0.25, -0.2) is 0 Å². The van der Waals surface area contributed by atoms with Crippen LogP contribution in [0.2, 0.25) is 0 Å². The SMILES string of the molecule is c1cnn(Cc2nnco2)c1. The van der Waals surface area contributed by atoms with Crippen molar-refractivity contribution < 1.29 is 4.42 Å². The molecule has 0 bridgehead atoms. The van der Waals surface area contributed by atoms with Gasteiger partial charge in [0.15, 0.2) is 0 Å². The first-order valence-electron chi connectivity index (χ1n) is 3.17. The molecule has 2 rings (SSSR count). The molecule has 0 fully saturated rings. The highest BCUT2D eigenvalue weighted by atomic mass is 16.4. The zero-order valence-corrected chi connectivity index (χ0v) is 5.71. The van der Waals surface area contributed by atoms with Crippen LogP contribution in [0, 0.1) is 0 Å². The lowest BCUT2D eigenvalue weighted by Gasteiger charge is -1.92. The smallest absolute Gasteiger partial charge is 0.237 e. The van der Waals surface area contributed by atoms with Crippen molar-refractivity contribution in [1.82, 2.24) is 20.0 Å². The molecule has 0 atom stereocenters. The van der Waals surface area contributed by atoms with Crippen LogP contribution in [-0.4, -0.2) is 20.0 Å². The minimum absolute atomic E-state index is 0.535. The molecule has 2 aromatic rings. The summed E-state index contributed by atoms with van der Waals surface area (Å²) in [7, 11) is 0. The fourth-order valence-electron chi connectivity index (χ4n) is 0.797. The van der Waals surface area contributed by atoms with E-state index in [0.29, 0.717) is 12.4 Å². The fraction of sp³-hybridized carbons (Fsp3) is 0.167. The zero-order valence-electron chi connectivity index (χ0n) is 5.71. The summed E-state index contributed by atoms with van der Waals surface area (Å²) in [6, 6.07) is 1.84. The van der Waals surface area contributed by atoms with Crippen LogP contribution in [-0.2, 0) is 6.54 Å². The number of rotatable bonds is 2. The van der Waals surface area contributed by atoms with Crippen LogP contribution in [0.5, 0.6) is 0 Å². The van der Waals surface area contributed by atoms with Crippen LogP contribution in [0.4, 0.5) is 0 Å². The van der Waals surface area contributed by atoms with Gasteiger partial charge in [0.05, 0.1) is 0 Å². The molecule has 0 aliphatic carbocycles. The molecule has 0 radical (unpaired) electrons. The molecule has 0 aromatic carbocycles. The van der Waals surface area contributed by atoms with Crippen LogP contribution >= 0.6 is 0 Å². The summed E-state index contributed by atoms with van der Waals surface area (Å²) in [6.45, 7) is 0.535. The number of aromatic nitrogens is 4. The van der Waals surface area contributed by atoms with E-state index in [2.05, 4.69) is 15.3 Å². The molecule has 2 heterocycles. The molecular formula is C6H6N4O. The zero-order chi connectivity index (χ0) is 7.52. The van der Waals surface area contributed by atoms with Crippen LogP contribution in [0.1, 0.15) is 5.89 Å². The van der Waals surface area contributed by atoms with Gasteiger partial charge in [-0.3, -0.25) is 4.68 Å². The maximum atomic E-state index is 4.92. The Morgan fingerprint density at radius 3 is 3.18 bits per heavy atom. The van der Waals surface area contributed by atoms with Crippen LogP contribution in [0.25, 0.3) is 0 Å². The van der Waals surface area contributed by atoms with Gasteiger partial charge in [0, 0.05) is 12.4 Å². The van der Waals surface area contributed by atoms with E-state index in [1.165, 1.54) is 6.39 Å². The number of nitrogens with zero attached hydrogens (tertiary/aromatic N) is 4. The lowest BCUT2D eigenvalue weighted by atomic mass is 10.6. The van der Waals surface area contributed by atoms with Gasteiger partial charge in [-0.15, -0.1) is 10.2 Å². The minimum Gasteiger partial charge on any atom is -0.426 e. The fourth-order valence-corrected chi connectivity index (χ4v) is 0.797. The molecule has 11 heavy (non-hydrogen) atoms. The van der Waals surface area contributed by atoms with E-state index < -0.39 is 0 Å². The third kappa shape index (κ3) is 1.26. The van der Waals surface area contributed by atoms with Gasteiger partial charge in [-0.05, 0) is 6.07 Å². The molecule has 2 aromatic heterocycles. The quantitative estimate of drug-likeness (QED) is 0.618. The predicted molar refractivity (Wildman–Crippen MR) is 35.6 cm³/mol. The molecule has 5 heteroatoms. The Bertz CT molecular complexity index is 267. The van der Waals surface area contributed by atoms with Crippen molar-refractivity contribution in [3.8, 4) is 0 Å². The average Bonchev–Trinajstić information content (AvgIpc) is 2.60. The Balaban J connectivity index is 2.14. The van der Waals surface area contributed by atoms with Crippen LogP contribution in [0.15, 0.2) is 29.3 Å². The first kappa shape index (κ1) is 6.09. The molecule has 0 saturated carbocycles. The molecule has 0 spiro atoms. The summed E-state index contributed by atoms with van der Waals surface area (Å²) in [4.78, 5) is 0. The van der Waals surface area contributed by atoms with E-state index >= 15 is 0 Å². The van der Waals surface area contributed by atoms with Crippen molar-refractivity contribution in [3.63, 3.8) is 0 Å². The van der Waals surface area contributed by atoms with Gasteiger partial charge in [-0.1, -0.05) is 0 Å². The topological polar surface area (TPSA) is 56.7 Å². The minimum atomic E-state index is 0.535. The maximum absolute atomic E-state index is 4.92. The molecule has 0 saturated heterocycles. The third-order valence-electron chi connectivity index (χ3n) is 1.26.